The zero-order chi connectivity index (χ0) is 21.2. The van der Waals surface area contributed by atoms with Gasteiger partial charge in [0.1, 0.15) is 0 Å². The van der Waals surface area contributed by atoms with Crippen molar-refractivity contribution in [1.29, 1.82) is 0 Å². The molecule has 9 heteroatoms. The molecule has 0 aliphatic carbocycles. The van der Waals surface area contributed by atoms with Crippen LogP contribution in [0.5, 0.6) is 0 Å². The van der Waals surface area contributed by atoms with Gasteiger partial charge in [0.25, 0.3) is 0 Å². The molecule has 0 saturated carbocycles. The molecule has 1 radical (unpaired) electrons. The molecule has 0 saturated heterocycles. The van der Waals surface area contributed by atoms with Crippen molar-refractivity contribution < 1.29 is 73.9 Å². The van der Waals surface area contributed by atoms with Crippen LogP contribution in [0.15, 0.2) is 35.5 Å². The summed E-state index contributed by atoms with van der Waals surface area (Å²) >= 11 is 0. The maximum atomic E-state index is 9.98. The van der Waals surface area contributed by atoms with Crippen LogP contribution in [-0.2, 0) is 25.2 Å². The van der Waals surface area contributed by atoms with Gasteiger partial charge in [0, 0.05) is 23.3 Å². The average Bonchev–Trinajstić information content (AvgIpc) is 2.22. The second-order valence-corrected chi connectivity index (χ2v) is 6.32. The van der Waals surface area contributed by atoms with E-state index >= 15 is 0 Å². The van der Waals surface area contributed by atoms with Gasteiger partial charge in [-0.3, -0.25) is 18.6 Å². The summed E-state index contributed by atoms with van der Waals surface area (Å²) < 4.78 is 9.56. The molecule has 159 valence electrons. The fourth-order valence-electron chi connectivity index (χ4n) is 0.859. The van der Waals surface area contributed by atoms with Crippen LogP contribution >= 0.6 is 0 Å². The normalized spacial score (nSPS) is 10.2. The van der Waals surface area contributed by atoms with Gasteiger partial charge in [-0.25, -0.2) is 0 Å². The molecule has 0 aromatic carbocycles. The quantitative estimate of drug-likeness (QED) is 0.275. The Hall–Kier alpha value is -0.895. The third kappa shape index (κ3) is 109. The van der Waals surface area contributed by atoms with Crippen LogP contribution in [0.2, 0.25) is 0 Å². The monoisotopic (exact) mass is 548 g/mol. The molecule has 27 heavy (non-hydrogen) atoms. The van der Waals surface area contributed by atoms with E-state index in [9.17, 15) is 33.9 Å². The van der Waals surface area contributed by atoms with Crippen LogP contribution in [0.4, 0.5) is 0 Å². The first-order valence-electron chi connectivity index (χ1n) is 6.94. The number of hydrogen-bond acceptors (Lipinski definition) is 7. The molecule has 7 nitrogen and oxygen atoms in total. The van der Waals surface area contributed by atoms with E-state index < -0.39 is 10.8 Å². The number of carbonyl (C=O) groups excluding carboxylic acids is 3. The summed E-state index contributed by atoms with van der Waals surface area (Å²) in [7, 11) is -0.611. The molecule has 0 aliphatic rings. The minimum atomic E-state index is -0.611. The first-order chi connectivity index (χ1) is 11.1. The number of ketones is 3. The van der Waals surface area contributed by atoms with Crippen molar-refractivity contribution in [3.63, 3.8) is 0 Å². The van der Waals surface area contributed by atoms with E-state index in [2.05, 4.69) is 0 Å². The second kappa shape index (κ2) is 27.3. The first kappa shape index (κ1) is 40.7. The molecule has 0 rings (SSSR count). The predicted molar refractivity (Wildman–Crippen MR) is 99.7 cm³/mol. The van der Waals surface area contributed by atoms with Crippen molar-refractivity contribution in [3.8, 4) is 0 Å². The molecule has 0 bridgehead atoms. The zero-order valence-electron chi connectivity index (χ0n) is 17.4. The number of hydrogen-bond donors (Lipinski definition) is 0. The van der Waals surface area contributed by atoms with Gasteiger partial charge in [-0.15, -0.1) is 17.3 Å². The molecule has 0 aromatic rings. The second-order valence-electron chi connectivity index (χ2n) is 4.84. The summed E-state index contributed by atoms with van der Waals surface area (Å²) in [6, 6.07) is 0. The van der Waals surface area contributed by atoms with Crippen LogP contribution < -0.4 is 15.3 Å². The Labute approximate surface area is 197 Å². The smallest absolute Gasteiger partial charge is 0.876 e. The number of carbonyl (C=O) groups is 3. The Balaban J connectivity index is -0.0000000541. The van der Waals surface area contributed by atoms with E-state index in [4.69, 9.17) is 0 Å². The van der Waals surface area contributed by atoms with Crippen molar-refractivity contribution in [2.45, 2.75) is 41.5 Å². The Morgan fingerprint density at radius 1 is 0.630 bits per heavy atom. The van der Waals surface area contributed by atoms with Crippen molar-refractivity contribution in [1.82, 2.24) is 0 Å². The maximum absolute atomic E-state index is 9.98. The topological polar surface area (TPSA) is 137 Å². The molecule has 0 aliphatic heterocycles. The molecular formula is C18H30GdO7S-. The van der Waals surface area contributed by atoms with Gasteiger partial charge in [-0.1, -0.05) is 20.8 Å². The average molecular weight is 548 g/mol. The van der Waals surface area contributed by atoms with Gasteiger partial charge in [0.15, 0.2) is 17.3 Å². The Morgan fingerprint density at radius 2 is 0.741 bits per heavy atom. The summed E-state index contributed by atoms with van der Waals surface area (Å²) in [5, 5.41) is 29.9. The minimum absolute atomic E-state index is 0. The number of rotatable bonds is 3. The third-order valence-corrected chi connectivity index (χ3v) is 1.22. The molecule has 0 atom stereocenters. The van der Waals surface area contributed by atoms with E-state index in [0.29, 0.717) is 0 Å². The molecule has 0 spiro atoms. The van der Waals surface area contributed by atoms with Crippen molar-refractivity contribution in [3.05, 3.63) is 42.9 Å². The van der Waals surface area contributed by atoms with Crippen molar-refractivity contribution in [2.75, 3.05) is 12.5 Å². The Kier molecular flexibility index (Phi) is 41.2. The fraction of sp³-hybridized carbons (Fsp3) is 0.444. The van der Waals surface area contributed by atoms with Crippen molar-refractivity contribution in [2.24, 2.45) is 0 Å². The minimum Gasteiger partial charge on any atom is -0.876 e. The van der Waals surface area contributed by atoms with E-state index in [1.165, 1.54) is 41.5 Å². The van der Waals surface area contributed by atoms with Gasteiger partial charge in [-0.05, 0) is 39.0 Å². The van der Waals surface area contributed by atoms with Gasteiger partial charge in [0.05, 0.1) is 0 Å². The van der Waals surface area contributed by atoms with E-state index in [1.807, 2.05) is 0 Å². The van der Waals surface area contributed by atoms with Gasteiger partial charge in [-0.2, -0.15) is 0 Å². The molecule has 0 aromatic heterocycles. The van der Waals surface area contributed by atoms with Crippen LogP contribution in [0, 0.1) is 47.4 Å². The summed E-state index contributed by atoms with van der Waals surface area (Å²) in [5.74, 6) is -1.12. The van der Waals surface area contributed by atoms with E-state index in [-0.39, 0.29) is 82.0 Å². The molecule has 0 heterocycles. The van der Waals surface area contributed by atoms with Gasteiger partial charge in [0.2, 0.25) is 0 Å². The summed E-state index contributed by atoms with van der Waals surface area (Å²) in [4.78, 5) is 29.9. The summed E-state index contributed by atoms with van der Waals surface area (Å²) in [6.45, 7) is 8.09. The van der Waals surface area contributed by atoms with Crippen molar-refractivity contribution >= 4 is 28.1 Å². The SMILES string of the molecule is CC(=O)/C=C(/C)[O-].CC(=O)/C=C(/C)[O-].CC(=O)/C=C(/C)[O-].CS(C)=O.[CH3-].[Gd+3]. The van der Waals surface area contributed by atoms with E-state index in [0.717, 1.165) is 18.2 Å². The first-order valence-corrected chi connectivity index (χ1v) is 8.91. The third-order valence-electron chi connectivity index (χ3n) is 1.22. The molecule has 0 fully saturated rings. The number of allylic oxidation sites excluding steroid dienone is 6. The molecular weight excluding hydrogens is 518 g/mol. The molecule has 0 amide bonds. The molecule has 0 unspecified atom stereocenters. The summed E-state index contributed by atoms with van der Waals surface area (Å²) in [5.41, 5.74) is 0. The zero-order valence-corrected chi connectivity index (χ0v) is 20.4. The standard InChI is InChI=1S/3C5H8O2.C2H6OS.CH3.Gd/c3*1-4(6)3-5(2)7;1-4(2)3;;/h3*3,6H,1-2H3;1-2H3;1H3;/q;;;;-1;+3/p-3/b3*4-3-;;;. The van der Waals surface area contributed by atoms with Crippen LogP contribution in [0.1, 0.15) is 41.5 Å². The largest absolute Gasteiger partial charge is 3.00 e. The van der Waals surface area contributed by atoms with Crippen LogP contribution in [0.3, 0.4) is 0 Å². The van der Waals surface area contributed by atoms with E-state index in [1.54, 1.807) is 12.5 Å². The summed E-state index contributed by atoms with van der Waals surface area (Å²) in [6.07, 6.45) is 6.44. The van der Waals surface area contributed by atoms with Gasteiger partial charge >= 0.3 is 39.9 Å². The maximum Gasteiger partial charge on any atom is 3.00 e. The molecule has 0 N–H and O–H groups in total. The van der Waals surface area contributed by atoms with Crippen LogP contribution in [0.25, 0.3) is 0 Å². The fourth-order valence-corrected chi connectivity index (χ4v) is 0.859. The van der Waals surface area contributed by atoms with Gasteiger partial charge < -0.3 is 22.7 Å². The Morgan fingerprint density at radius 3 is 0.741 bits per heavy atom. The predicted octanol–water partition coefficient (Wildman–Crippen LogP) is -0.0365. The Bertz CT molecular complexity index is 453. The van der Waals surface area contributed by atoms with Crippen LogP contribution in [-0.4, -0.2) is 34.1 Å².